The Bertz CT molecular complexity index is 402. The minimum Gasteiger partial charge on any atom is -0.387 e. The quantitative estimate of drug-likeness (QED) is 0.871. The van der Waals surface area contributed by atoms with E-state index in [2.05, 4.69) is 12.2 Å². The standard InChI is InChI=1S/C13H16F3NO/c1-8-6-11(8)17-7-12(18)9-2-4-10(5-3-9)13(14,15)16/h2-5,8,11-12,17-18H,6-7H2,1H3. The van der Waals surface area contributed by atoms with Crippen LogP contribution in [0.4, 0.5) is 13.2 Å². The zero-order valence-electron chi connectivity index (χ0n) is 10.0. The molecular weight excluding hydrogens is 243 g/mol. The molecule has 2 nitrogen and oxygen atoms in total. The van der Waals surface area contributed by atoms with E-state index < -0.39 is 17.8 Å². The van der Waals surface area contributed by atoms with Crippen molar-refractivity contribution in [3.63, 3.8) is 0 Å². The third-order valence-corrected chi connectivity index (χ3v) is 3.31. The van der Waals surface area contributed by atoms with Gasteiger partial charge in [-0.1, -0.05) is 19.1 Å². The average Bonchev–Trinajstić information content (AvgIpc) is 3.01. The Morgan fingerprint density at radius 1 is 1.33 bits per heavy atom. The molecule has 1 aliphatic rings. The summed E-state index contributed by atoms with van der Waals surface area (Å²) in [5.74, 6) is 0.629. The smallest absolute Gasteiger partial charge is 0.387 e. The molecule has 3 atom stereocenters. The van der Waals surface area contributed by atoms with Crippen molar-refractivity contribution in [3.05, 3.63) is 35.4 Å². The van der Waals surface area contributed by atoms with E-state index in [1.165, 1.54) is 12.1 Å². The summed E-state index contributed by atoms with van der Waals surface area (Å²) in [5.41, 5.74) is -0.189. The van der Waals surface area contributed by atoms with Crippen LogP contribution >= 0.6 is 0 Å². The Balaban J connectivity index is 1.92. The lowest BCUT2D eigenvalue weighted by atomic mass is 10.1. The van der Waals surface area contributed by atoms with Crippen molar-refractivity contribution in [2.75, 3.05) is 6.54 Å². The Morgan fingerprint density at radius 3 is 2.33 bits per heavy atom. The van der Waals surface area contributed by atoms with E-state index in [-0.39, 0.29) is 0 Å². The second-order valence-electron chi connectivity index (χ2n) is 4.86. The zero-order valence-corrected chi connectivity index (χ0v) is 10.0. The predicted molar refractivity (Wildman–Crippen MR) is 62.0 cm³/mol. The first-order chi connectivity index (χ1) is 8.38. The number of hydrogen-bond acceptors (Lipinski definition) is 2. The van der Waals surface area contributed by atoms with Crippen LogP contribution in [-0.2, 0) is 6.18 Å². The van der Waals surface area contributed by atoms with Gasteiger partial charge in [0.1, 0.15) is 0 Å². The van der Waals surface area contributed by atoms with Gasteiger partial charge in [-0.25, -0.2) is 0 Å². The van der Waals surface area contributed by atoms with Gasteiger partial charge in [-0.2, -0.15) is 13.2 Å². The maximum absolute atomic E-state index is 12.4. The second kappa shape index (κ2) is 4.90. The lowest BCUT2D eigenvalue weighted by Gasteiger charge is -2.13. The van der Waals surface area contributed by atoms with Gasteiger partial charge < -0.3 is 10.4 Å². The van der Waals surface area contributed by atoms with Gasteiger partial charge in [0.15, 0.2) is 0 Å². The highest BCUT2D eigenvalue weighted by Gasteiger charge is 2.32. The third-order valence-electron chi connectivity index (χ3n) is 3.31. The van der Waals surface area contributed by atoms with Crippen LogP contribution < -0.4 is 5.32 Å². The Kier molecular flexibility index (Phi) is 3.64. The van der Waals surface area contributed by atoms with E-state index in [1.54, 1.807) is 0 Å². The molecule has 0 aromatic heterocycles. The second-order valence-corrected chi connectivity index (χ2v) is 4.86. The van der Waals surface area contributed by atoms with Crippen molar-refractivity contribution in [3.8, 4) is 0 Å². The number of hydrogen-bond donors (Lipinski definition) is 2. The van der Waals surface area contributed by atoms with Crippen LogP contribution in [-0.4, -0.2) is 17.7 Å². The van der Waals surface area contributed by atoms with Crippen LogP contribution in [0.3, 0.4) is 0 Å². The SMILES string of the molecule is CC1CC1NCC(O)c1ccc(C(F)(F)F)cc1. The van der Waals surface area contributed by atoms with E-state index in [9.17, 15) is 18.3 Å². The molecule has 100 valence electrons. The third kappa shape index (κ3) is 3.23. The van der Waals surface area contributed by atoms with Crippen LogP contribution in [0.15, 0.2) is 24.3 Å². The molecule has 0 saturated heterocycles. The van der Waals surface area contributed by atoms with Gasteiger partial charge in [0, 0.05) is 12.6 Å². The molecule has 2 N–H and O–H groups in total. The first-order valence-electron chi connectivity index (χ1n) is 5.96. The maximum atomic E-state index is 12.4. The van der Waals surface area contributed by atoms with Crippen LogP contribution in [0, 0.1) is 5.92 Å². The number of aliphatic hydroxyl groups is 1. The summed E-state index contributed by atoms with van der Waals surface area (Å²) in [6.07, 6.45) is -4.00. The number of rotatable bonds is 4. The Hall–Kier alpha value is -1.07. The summed E-state index contributed by atoms with van der Waals surface area (Å²) < 4.78 is 37.1. The summed E-state index contributed by atoms with van der Waals surface area (Å²) in [7, 11) is 0. The van der Waals surface area contributed by atoms with Gasteiger partial charge in [-0.05, 0) is 30.0 Å². The average molecular weight is 259 g/mol. The number of halogens is 3. The fourth-order valence-corrected chi connectivity index (χ4v) is 1.88. The summed E-state index contributed by atoms with van der Waals surface area (Å²) >= 11 is 0. The van der Waals surface area contributed by atoms with Crippen LogP contribution in [0.5, 0.6) is 0 Å². The number of alkyl halides is 3. The van der Waals surface area contributed by atoms with E-state index in [0.717, 1.165) is 18.6 Å². The van der Waals surface area contributed by atoms with Crippen LogP contribution in [0.2, 0.25) is 0 Å². The van der Waals surface area contributed by atoms with Crippen molar-refractivity contribution in [1.82, 2.24) is 5.32 Å². The number of benzene rings is 1. The molecule has 1 fully saturated rings. The highest BCUT2D eigenvalue weighted by atomic mass is 19.4. The topological polar surface area (TPSA) is 32.3 Å². The lowest BCUT2D eigenvalue weighted by Crippen LogP contribution is -2.24. The minimum absolute atomic E-state index is 0.375. The van der Waals surface area contributed by atoms with E-state index >= 15 is 0 Å². The Morgan fingerprint density at radius 2 is 1.89 bits per heavy atom. The molecule has 0 spiro atoms. The molecule has 1 saturated carbocycles. The number of nitrogens with one attached hydrogen (secondary N) is 1. The zero-order chi connectivity index (χ0) is 13.3. The first-order valence-corrected chi connectivity index (χ1v) is 5.96. The van der Waals surface area contributed by atoms with Crippen LogP contribution in [0.25, 0.3) is 0 Å². The summed E-state index contributed by atoms with van der Waals surface area (Å²) in [6, 6.07) is 5.09. The lowest BCUT2D eigenvalue weighted by molar-refractivity contribution is -0.137. The van der Waals surface area contributed by atoms with Gasteiger partial charge in [0.25, 0.3) is 0 Å². The molecule has 5 heteroatoms. The summed E-state index contributed by atoms with van der Waals surface area (Å²) in [6.45, 7) is 2.49. The van der Waals surface area contributed by atoms with Crippen molar-refractivity contribution < 1.29 is 18.3 Å². The first kappa shape index (κ1) is 13.4. The largest absolute Gasteiger partial charge is 0.416 e. The highest BCUT2D eigenvalue weighted by Crippen LogP contribution is 2.31. The molecule has 0 aliphatic heterocycles. The molecule has 3 unspecified atom stereocenters. The van der Waals surface area contributed by atoms with Gasteiger partial charge in [-0.3, -0.25) is 0 Å². The van der Waals surface area contributed by atoms with Gasteiger partial charge in [0.05, 0.1) is 11.7 Å². The van der Waals surface area contributed by atoms with Crippen molar-refractivity contribution in [2.45, 2.75) is 31.7 Å². The molecule has 1 aromatic rings. The molecule has 0 radical (unpaired) electrons. The molecule has 18 heavy (non-hydrogen) atoms. The fourth-order valence-electron chi connectivity index (χ4n) is 1.88. The summed E-state index contributed by atoms with van der Waals surface area (Å²) in [4.78, 5) is 0. The highest BCUT2D eigenvalue weighted by molar-refractivity contribution is 5.26. The molecular formula is C13H16F3NO. The van der Waals surface area contributed by atoms with Crippen molar-refractivity contribution in [2.24, 2.45) is 5.92 Å². The van der Waals surface area contributed by atoms with E-state index in [1.807, 2.05) is 0 Å². The normalized spacial score (nSPS) is 24.9. The summed E-state index contributed by atoms with van der Waals surface area (Å²) in [5, 5.41) is 13.0. The minimum atomic E-state index is -4.33. The maximum Gasteiger partial charge on any atom is 0.416 e. The molecule has 2 rings (SSSR count). The molecule has 0 heterocycles. The van der Waals surface area contributed by atoms with Crippen molar-refractivity contribution in [1.29, 1.82) is 0 Å². The molecule has 1 aromatic carbocycles. The van der Waals surface area contributed by atoms with Crippen LogP contribution in [0.1, 0.15) is 30.6 Å². The van der Waals surface area contributed by atoms with Gasteiger partial charge >= 0.3 is 6.18 Å². The van der Waals surface area contributed by atoms with Gasteiger partial charge in [-0.15, -0.1) is 0 Å². The molecule has 1 aliphatic carbocycles. The molecule has 0 amide bonds. The predicted octanol–water partition coefficient (Wildman–Crippen LogP) is 2.74. The van der Waals surface area contributed by atoms with Gasteiger partial charge in [0.2, 0.25) is 0 Å². The van der Waals surface area contributed by atoms with Crippen molar-refractivity contribution >= 4 is 0 Å². The van der Waals surface area contributed by atoms with E-state index in [4.69, 9.17) is 0 Å². The molecule has 0 bridgehead atoms. The number of aliphatic hydroxyl groups excluding tert-OH is 1. The monoisotopic (exact) mass is 259 g/mol. The Labute approximate surface area is 104 Å². The fraction of sp³-hybridized carbons (Fsp3) is 0.538. The van der Waals surface area contributed by atoms with E-state index in [0.29, 0.717) is 24.1 Å².